The maximum absolute atomic E-state index is 15.6. The molecule has 0 unspecified atom stereocenters. The second-order valence-electron chi connectivity index (χ2n) is 10.4. The van der Waals surface area contributed by atoms with Gasteiger partial charge in [-0.2, -0.15) is 12.6 Å². The van der Waals surface area contributed by atoms with E-state index in [2.05, 4.69) is 28.2 Å². The number of nitrogens with one attached hydrogen (secondary N) is 2. The van der Waals surface area contributed by atoms with Crippen LogP contribution in [0.4, 0.5) is 25.0 Å². The van der Waals surface area contributed by atoms with E-state index in [9.17, 15) is 18.8 Å². The predicted molar refractivity (Wildman–Crippen MR) is 170 cm³/mol. The Labute approximate surface area is 268 Å². The number of ether oxygens (including phenoxy) is 3. The molecule has 0 atom stereocenters. The summed E-state index contributed by atoms with van der Waals surface area (Å²) in [7, 11) is 1.46. The summed E-state index contributed by atoms with van der Waals surface area (Å²) in [5, 5.41) is 5.81. The molecule has 46 heavy (non-hydrogen) atoms. The lowest BCUT2D eigenvalue weighted by Crippen LogP contribution is -2.41. The zero-order valence-electron chi connectivity index (χ0n) is 24.7. The lowest BCUT2D eigenvalue weighted by Gasteiger charge is -2.26. The zero-order valence-corrected chi connectivity index (χ0v) is 25.6. The molecule has 1 heterocycles. The Kier molecular flexibility index (Phi) is 9.75. The number of methoxy groups -OCH3 is 1. The van der Waals surface area contributed by atoms with E-state index >= 15 is 4.39 Å². The number of anilines is 2. The van der Waals surface area contributed by atoms with E-state index in [0.717, 1.165) is 23.1 Å². The van der Waals surface area contributed by atoms with E-state index in [4.69, 9.17) is 19.9 Å². The van der Waals surface area contributed by atoms with E-state index in [0.29, 0.717) is 34.7 Å². The van der Waals surface area contributed by atoms with Crippen LogP contribution in [0.25, 0.3) is 10.9 Å². The third-order valence-electron chi connectivity index (χ3n) is 7.34. The fourth-order valence-corrected chi connectivity index (χ4v) is 4.87. The van der Waals surface area contributed by atoms with Crippen LogP contribution in [-0.2, 0) is 9.59 Å². The van der Waals surface area contributed by atoms with Crippen LogP contribution in [0.15, 0.2) is 66.9 Å². The molecule has 0 saturated heterocycles. The van der Waals surface area contributed by atoms with Crippen LogP contribution in [0, 0.1) is 17.0 Å². The number of thiol groups is 1. The molecule has 1 aliphatic rings. The fourth-order valence-electron chi connectivity index (χ4n) is 4.76. The minimum Gasteiger partial charge on any atom is -0.493 e. The fraction of sp³-hybridized carbons (Fsp3) is 0.250. The highest BCUT2D eigenvalue weighted by Gasteiger charge is 2.57. The highest BCUT2D eigenvalue weighted by Crippen LogP contribution is 2.49. The standard InChI is InChI=1S/C32H31F2N5O6S/c1-43-27-17-22-24(18-28(27)44-14-12-37-31(42)38-13-15-46)36-11-8-25(22)45-26-7-6-21(16-23(26)34)39(20-4-2-19(33)3-5-20)30(41)32(9-10-32)29(35)40/h2-8,11,16-18,46H,9-10,12-15H2,1H3,(H2,35,40)(H2,37,38,42). The van der Waals surface area contributed by atoms with Gasteiger partial charge >= 0.3 is 6.03 Å². The molecule has 0 radical (unpaired) electrons. The van der Waals surface area contributed by atoms with E-state index in [1.165, 1.54) is 37.6 Å². The van der Waals surface area contributed by atoms with E-state index < -0.39 is 28.9 Å². The number of benzene rings is 3. The first-order valence-corrected chi connectivity index (χ1v) is 14.9. The number of pyridine rings is 1. The van der Waals surface area contributed by atoms with Crippen molar-refractivity contribution in [1.82, 2.24) is 15.6 Å². The van der Waals surface area contributed by atoms with Gasteiger partial charge in [0.05, 0.1) is 24.9 Å². The largest absolute Gasteiger partial charge is 0.493 e. The molecule has 14 heteroatoms. The van der Waals surface area contributed by atoms with Gasteiger partial charge in [-0.05, 0) is 61.4 Å². The second-order valence-corrected chi connectivity index (χ2v) is 10.8. The quantitative estimate of drug-likeness (QED) is 0.0919. The van der Waals surface area contributed by atoms with E-state index in [1.807, 2.05) is 0 Å². The molecule has 0 bridgehead atoms. The highest BCUT2D eigenvalue weighted by molar-refractivity contribution is 7.80. The molecule has 0 aliphatic heterocycles. The Morgan fingerprint density at radius 1 is 0.935 bits per heavy atom. The third-order valence-corrected chi connectivity index (χ3v) is 7.57. The topological polar surface area (TPSA) is 145 Å². The molecule has 4 amide bonds. The molecule has 4 aromatic rings. The van der Waals surface area contributed by atoms with Gasteiger partial charge in [0.15, 0.2) is 23.1 Å². The van der Waals surface area contributed by atoms with Crippen molar-refractivity contribution >= 4 is 52.8 Å². The summed E-state index contributed by atoms with van der Waals surface area (Å²) in [6.45, 7) is 0.825. The predicted octanol–water partition coefficient (Wildman–Crippen LogP) is 4.85. The van der Waals surface area contributed by atoms with Gasteiger partial charge in [-0.15, -0.1) is 0 Å². The normalized spacial score (nSPS) is 13.0. The Balaban J connectivity index is 1.38. The van der Waals surface area contributed by atoms with Crippen molar-refractivity contribution in [1.29, 1.82) is 0 Å². The summed E-state index contributed by atoms with van der Waals surface area (Å²) in [6, 6.07) is 13.4. The van der Waals surface area contributed by atoms with Gasteiger partial charge < -0.3 is 30.6 Å². The molecular weight excluding hydrogens is 620 g/mol. The molecule has 4 N–H and O–H groups in total. The first kappa shape index (κ1) is 32.3. The lowest BCUT2D eigenvalue weighted by atomic mass is 10.0. The zero-order chi connectivity index (χ0) is 32.8. The number of fused-ring (bicyclic) bond motifs is 1. The van der Waals surface area contributed by atoms with Crippen molar-refractivity contribution in [2.75, 3.05) is 37.5 Å². The molecule has 11 nitrogen and oxygen atoms in total. The number of carbonyl (C=O) groups excluding carboxylic acids is 3. The molecule has 0 spiro atoms. The number of primary amides is 1. The van der Waals surface area contributed by atoms with Crippen molar-refractivity contribution in [3.05, 3.63) is 78.5 Å². The molecule has 1 aliphatic carbocycles. The Hall–Kier alpha value is -5.11. The van der Waals surface area contributed by atoms with Gasteiger partial charge in [0.25, 0.3) is 0 Å². The maximum atomic E-state index is 15.6. The van der Waals surface area contributed by atoms with Crippen molar-refractivity contribution < 1.29 is 37.4 Å². The summed E-state index contributed by atoms with van der Waals surface area (Å²) in [6.07, 6.45) is 2.01. The summed E-state index contributed by atoms with van der Waals surface area (Å²) in [5.41, 5.74) is 4.95. The summed E-state index contributed by atoms with van der Waals surface area (Å²) >= 11 is 4.04. The van der Waals surface area contributed by atoms with Gasteiger partial charge in [-0.1, -0.05) is 0 Å². The molecule has 1 aromatic heterocycles. The summed E-state index contributed by atoms with van der Waals surface area (Å²) < 4.78 is 46.5. The van der Waals surface area contributed by atoms with Crippen molar-refractivity contribution in [3.63, 3.8) is 0 Å². The van der Waals surface area contributed by atoms with Crippen LogP contribution in [0.2, 0.25) is 0 Å². The molecule has 1 fully saturated rings. The Morgan fingerprint density at radius 3 is 2.30 bits per heavy atom. The van der Waals surface area contributed by atoms with Crippen molar-refractivity contribution in [3.8, 4) is 23.0 Å². The average molecular weight is 652 g/mol. The van der Waals surface area contributed by atoms with Crippen LogP contribution in [-0.4, -0.2) is 55.4 Å². The first-order valence-electron chi connectivity index (χ1n) is 14.3. The van der Waals surface area contributed by atoms with Gasteiger partial charge in [0.1, 0.15) is 23.6 Å². The van der Waals surface area contributed by atoms with Gasteiger partial charge in [-0.3, -0.25) is 19.5 Å². The minimum atomic E-state index is -1.41. The molecular formula is C32H31F2N5O6S. The van der Waals surface area contributed by atoms with Crippen LogP contribution in [0.1, 0.15) is 12.8 Å². The molecule has 5 rings (SSSR count). The number of nitrogens with zero attached hydrogens (tertiary/aromatic N) is 2. The van der Waals surface area contributed by atoms with Gasteiger partial charge in [-0.25, -0.2) is 13.6 Å². The number of nitrogens with two attached hydrogens (primary N) is 1. The van der Waals surface area contributed by atoms with Crippen LogP contribution >= 0.6 is 12.6 Å². The minimum absolute atomic E-state index is 0.103. The molecule has 1 saturated carbocycles. The average Bonchev–Trinajstić information content (AvgIpc) is 3.87. The number of halogens is 2. The number of amides is 4. The van der Waals surface area contributed by atoms with E-state index in [1.54, 1.807) is 18.2 Å². The Bertz CT molecular complexity index is 1770. The van der Waals surface area contributed by atoms with Crippen LogP contribution in [0.5, 0.6) is 23.0 Å². The third kappa shape index (κ3) is 6.91. The maximum Gasteiger partial charge on any atom is 0.314 e. The lowest BCUT2D eigenvalue weighted by molar-refractivity contribution is -0.133. The molecule has 3 aromatic carbocycles. The second kappa shape index (κ2) is 13.9. The van der Waals surface area contributed by atoms with Crippen molar-refractivity contribution in [2.24, 2.45) is 11.1 Å². The highest BCUT2D eigenvalue weighted by atomic mass is 32.1. The van der Waals surface area contributed by atoms with Gasteiger partial charge in [0.2, 0.25) is 11.8 Å². The van der Waals surface area contributed by atoms with E-state index in [-0.39, 0.29) is 54.9 Å². The number of urea groups is 1. The monoisotopic (exact) mass is 651 g/mol. The number of hydrogen-bond donors (Lipinski definition) is 4. The summed E-state index contributed by atoms with van der Waals surface area (Å²) in [4.78, 5) is 42.9. The number of rotatable bonds is 13. The van der Waals surface area contributed by atoms with Crippen molar-refractivity contribution in [2.45, 2.75) is 12.8 Å². The smallest absolute Gasteiger partial charge is 0.314 e. The molecule has 240 valence electrons. The van der Waals surface area contributed by atoms with Crippen LogP contribution in [0.3, 0.4) is 0 Å². The number of carbonyl (C=O) groups is 3. The number of hydrogen-bond acceptors (Lipinski definition) is 8. The van der Waals surface area contributed by atoms with Gasteiger partial charge in [0, 0.05) is 41.7 Å². The Morgan fingerprint density at radius 2 is 1.65 bits per heavy atom. The first-order chi connectivity index (χ1) is 22.2. The number of aromatic nitrogens is 1. The summed E-state index contributed by atoms with van der Waals surface area (Å²) in [5.74, 6) is -1.36. The van der Waals surface area contributed by atoms with Crippen LogP contribution < -0.4 is 35.5 Å². The SMILES string of the molecule is COc1cc2c(Oc3ccc(N(C(=O)C4(C(N)=O)CC4)c4ccc(F)cc4)cc3F)ccnc2cc1OCCNC(=O)NCCS.